The first-order chi connectivity index (χ1) is 13.0. The number of aryl methyl sites for hydroxylation is 1. The molecule has 1 fully saturated rings. The van der Waals surface area contributed by atoms with E-state index in [0.717, 1.165) is 12.0 Å². The molecule has 0 amide bonds. The molecule has 1 saturated heterocycles. The number of methoxy groups -OCH3 is 1. The second-order valence-corrected chi connectivity index (χ2v) is 6.88. The number of esters is 2. The zero-order valence-electron chi connectivity index (χ0n) is 15.8. The third kappa shape index (κ3) is 3.88. The summed E-state index contributed by atoms with van der Waals surface area (Å²) in [5, 5.41) is 3.31. The first kappa shape index (κ1) is 19.1. The van der Waals surface area contributed by atoms with Crippen molar-refractivity contribution in [1.29, 1.82) is 0 Å². The first-order valence-corrected chi connectivity index (χ1v) is 8.97. The predicted octanol–water partition coefficient (Wildman–Crippen LogP) is 2.52. The molecule has 0 saturated carbocycles. The van der Waals surface area contributed by atoms with E-state index in [-0.39, 0.29) is 24.2 Å². The minimum atomic E-state index is -1.07. The van der Waals surface area contributed by atoms with Gasteiger partial charge in [-0.3, -0.25) is 4.79 Å². The van der Waals surface area contributed by atoms with Gasteiger partial charge in [0.1, 0.15) is 12.4 Å². The number of rotatable bonds is 5. The van der Waals surface area contributed by atoms with Crippen LogP contribution in [0, 0.1) is 6.92 Å². The number of nitrogens with one attached hydrogen (secondary N) is 1. The molecule has 0 spiro atoms. The van der Waals surface area contributed by atoms with Crippen molar-refractivity contribution in [3.63, 3.8) is 0 Å². The molecule has 7 nitrogen and oxygen atoms in total. The Labute approximate surface area is 158 Å². The van der Waals surface area contributed by atoms with Gasteiger partial charge in [-0.1, -0.05) is 30.3 Å². The van der Waals surface area contributed by atoms with Crippen LogP contribution < -0.4 is 5.32 Å². The Bertz CT molecular complexity index is 807. The lowest BCUT2D eigenvalue weighted by Gasteiger charge is -2.35. The summed E-state index contributed by atoms with van der Waals surface area (Å²) in [4.78, 5) is 29.3. The number of hydrogen-bond donors (Lipinski definition) is 1. The van der Waals surface area contributed by atoms with Gasteiger partial charge in [0.15, 0.2) is 11.1 Å². The lowest BCUT2D eigenvalue weighted by atomic mass is 9.78. The highest BCUT2D eigenvalue weighted by atomic mass is 16.5. The van der Waals surface area contributed by atoms with E-state index < -0.39 is 17.4 Å². The molecule has 3 rings (SSSR count). The molecular weight excluding hydrogens is 348 g/mol. The van der Waals surface area contributed by atoms with Crippen LogP contribution in [0.4, 0.5) is 0 Å². The van der Waals surface area contributed by atoms with Gasteiger partial charge in [0.2, 0.25) is 5.89 Å². The van der Waals surface area contributed by atoms with E-state index in [9.17, 15) is 9.59 Å². The molecule has 1 aromatic heterocycles. The molecule has 0 bridgehead atoms. The minimum Gasteiger partial charge on any atom is -0.464 e. The van der Waals surface area contributed by atoms with Gasteiger partial charge in [0.05, 0.1) is 7.11 Å². The smallest absolute Gasteiger partial charge is 0.360 e. The molecule has 7 heteroatoms. The van der Waals surface area contributed by atoms with Crippen LogP contribution in [0.1, 0.15) is 47.5 Å². The van der Waals surface area contributed by atoms with Gasteiger partial charge in [-0.25, -0.2) is 9.78 Å². The van der Waals surface area contributed by atoms with Crippen LogP contribution in [0.15, 0.2) is 34.7 Å². The van der Waals surface area contributed by atoms with E-state index in [4.69, 9.17) is 13.9 Å². The zero-order valence-corrected chi connectivity index (χ0v) is 15.8. The Morgan fingerprint density at radius 3 is 2.70 bits per heavy atom. The van der Waals surface area contributed by atoms with Crippen LogP contribution in [-0.4, -0.2) is 36.6 Å². The molecule has 0 aliphatic carbocycles. The largest absolute Gasteiger partial charge is 0.464 e. The maximum atomic E-state index is 13.1. The lowest BCUT2D eigenvalue weighted by molar-refractivity contribution is -0.154. The van der Waals surface area contributed by atoms with Gasteiger partial charge in [-0.2, -0.15) is 0 Å². The van der Waals surface area contributed by atoms with Crippen molar-refractivity contribution in [1.82, 2.24) is 10.3 Å². The fraction of sp³-hybridized carbons (Fsp3) is 0.450. The van der Waals surface area contributed by atoms with Crippen LogP contribution in [0.2, 0.25) is 0 Å². The molecule has 1 aromatic carbocycles. The van der Waals surface area contributed by atoms with Crippen LogP contribution in [-0.2, 0) is 26.3 Å². The average Bonchev–Trinajstić information content (AvgIpc) is 3.09. The molecule has 2 aromatic rings. The molecule has 1 aliphatic heterocycles. The highest BCUT2D eigenvalue weighted by molar-refractivity contribution is 5.89. The monoisotopic (exact) mass is 372 g/mol. The molecule has 1 aliphatic rings. The van der Waals surface area contributed by atoms with E-state index in [1.54, 1.807) is 6.92 Å². The maximum absolute atomic E-state index is 13.1. The quantitative estimate of drug-likeness (QED) is 0.807. The van der Waals surface area contributed by atoms with E-state index in [0.29, 0.717) is 18.7 Å². The highest BCUT2D eigenvalue weighted by Crippen LogP contribution is 2.35. The Hall–Kier alpha value is -2.67. The van der Waals surface area contributed by atoms with Crippen molar-refractivity contribution < 1.29 is 23.5 Å². The van der Waals surface area contributed by atoms with Crippen LogP contribution in [0.3, 0.4) is 0 Å². The average molecular weight is 372 g/mol. The second-order valence-electron chi connectivity index (χ2n) is 6.88. The molecular formula is C20H24N2O5. The van der Waals surface area contributed by atoms with Gasteiger partial charge < -0.3 is 19.2 Å². The Morgan fingerprint density at radius 1 is 1.33 bits per heavy atom. The summed E-state index contributed by atoms with van der Waals surface area (Å²) < 4.78 is 16.1. The van der Waals surface area contributed by atoms with Crippen LogP contribution in [0.25, 0.3) is 0 Å². The number of carbonyl (C=O) groups excluding carboxylic acids is 2. The van der Waals surface area contributed by atoms with Crippen LogP contribution in [0.5, 0.6) is 0 Å². The van der Waals surface area contributed by atoms with E-state index in [2.05, 4.69) is 17.2 Å². The molecule has 2 heterocycles. The van der Waals surface area contributed by atoms with Crippen molar-refractivity contribution in [2.45, 2.75) is 44.8 Å². The highest BCUT2D eigenvalue weighted by Gasteiger charge is 2.49. The van der Waals surface area contributed by atoms with Crippen molar-refractivity contribution in [3.05, 3.63) is 53.2 Å². The fourth-order valence-corrected chi connectivity index (χ4v) is 3.19. The summed E-state index contributed by atoms with van der Waals surface area (Å²) >= 11 is 0. The third-order valence-corrected chi connectivity index (χ3v) is 4.94. The number of ether oxygens (including phenoxy) is 2. The SMILES string of the molecule is COC(=O)c1nc([C@@]2(C(=O)OCc3ccccc3)CC[C@@H](C)NC2)oc1C. The molecule has 0 unspecified atom stereocenters. The third-order valence-electron chi connectivity index (χ3n) is 4.94. The Morgan fingerprint density at radius 2 is 2.07 bits per heavy atom. The summed E-state index contributed by atoms with van der Waals surface area (Å²) in [5.74, 6) is -0.487. The summed E-state index contributed by atoms with van der Waals surface area (Å²) in [5.41, 5.74) is -0.0865. The summed E-state index contributed by atoms with van der Waals surface area (Å²) in [6, 6.07) is 9.75. The molecule has 0 radical (unpaired) electrons. The Kier molecular flexibility index (Phi) is 5.60. The van der Waals surface area contributed by atoms with Gasteiger partial charge in [0.25, 0.3) is 0 Å². The maximum Gasteiger partial charge on any atom is 0.360 e. The number of nitrogens with zero attached hydrogens (tertiary/aromatic N) is 1. The summed E-state index contributed by atoms with van der Waals surface area (Å²) in [6.45, 7) is 4.19. The zero-order chi connectivity index (χ0) is 19.4. The number of piperidine rings is 1. The number of oxazole rings is 1. The lowest BCUT2D eigenvalue weighted by Crippen LogP contribution is -2.52. The summed E-state index contributed by atoms with van der Waals surface area (Å²) in [6.07, 6.45) is 1.28. The number of aromatic nitrogens is 1. The van der Waals surface area contributed by atoms with E-state index in [1.165, 1.54) is 7.11 Å². The van der Waals surface area contributed by atoms with E-state index >= 15 is 0 Å². The molecule has 27 heavy (non-hydrogen) atoms. The normalized spacial score (nSPS) is 22.3. The van der Waals surface area contributed by atoms with Crippen molar-refractivity contribution in [2.75, 3.05) is 13.7 Å². The van der Waals surface area contributed by atoms with Gasteiger partial charge in [0, 0.05) is 12.6 Å². The Balaban J connectivity index is 1.88. The number of benzene rings is 1. The fourth-order valence-electron chi connectivity index (χ4n) is 3.19. The van der Waals surface area contributed by atoms with Gasteiger partial charge >= 0.3 is 11.9 Å². The second kappa shape index (κ2) is 7.92. The first-order valence-electron chi connectivity index (χ1n) is 8.97. The van der Waals surface area contributed by atoms with Gasteiger partial charge in [-0.05, 0) is 32.3 Å². The standard InChI is InChI=1S/C20H24N2O5/c1-13-9-10-20(12-21-13,18-22-16(14(2)27-18)17(23)25-3)19(24)26-11-15-7-5-4-6-8-15/h4-8,13,21H,9-12H2,1-3H3/t13-,20-/m1/s1. The topological polar surface area (TPSA) is 90.7 Å². The van der Waals surface area contributed by atoms with Crippen molar-refractivity contribution in [2.24, 2.45) is 0 Å². The number of carbonyl (C=O) groups is 2. The summed E-state index contributed by atoms with van der Waals surface area (Å²) in [7, 11) is 1.28. The minimum absolute atomic E-state index is 0.0846. The predicted molar refractivity (Wildman–Crippen MR) is 97.2 cm³/mol. The van der Waals surface area contributed by atoms with Crippen molar-refractivity contribution >= 4 is 11.9 Å². The van der Waals surface area contributed by atoms with Gasteiger partial charge in [-0.15, -0.1) is 0 Å². The molecule has 2 atom stereocenters. The number of hydrogen-bond acceptors (Lipinski definition) is 7. The molecule has 1 N–H and O–H groups in total. The van der Waals surface area contributed by atoms with Crippen LogP contribution >= 0.6 is 0 Å². The molecule has 144 valence electrons. The van der Waals surface area contributed by atoms with E-state index in [1.807, 2.05) is 30.3 Å². The van der Waals surface area contributed by atoms with Crippen molar-refractivity contribution in [3.8, 4) is 0 Å².